The Morgan fingerprint density at radius 1 is 1.90 bits per heavy atom. The molecule has 2 N–H and O–H groups in total. The van der Waals surface area contributed by atoms with Crippen molar-refractivity contribution in [3.63, 3.8) is 0 Å². The van der Waals surface area contributed by atoms with Crippen molar-refractivity contribution in [2.24, 2.45) is 0 Å². The Bertz CT molecular complexity index is 207. The summed E-state index contributed by atoms with van der Waals surface area (Å²) in [6, 6.07) is 1.62. The van der Waals surface area contributed by atoms with Crippen molar-refractivity contribution in [2.45, 2.75) is 0 Å². The van der Waals surface area contributed by atoms with Crippen LogP contribution < -0.4 is 5.32 Å². The summed E-state index contributed by atoms with van der Waals surface area (Å²) in [5.74, 6) is 0.520. The Balaban J connectivity index is 2.48. The minimum atomic E-state index is -0.510. The number of hydrogen-bond donors (Lipinski definition) is 2. The smallest absolute Gasteiger partial charge is 0.412 e. The lowest BCUT2D eigenvalue weighted by Gasteiger charge is -1.97. The lowest BCUT2D eigenvalue weighted by molar-refractivity contribution is 0.187. The summed E-state index contributed by atoms with van der Waals surface area (Å²) >= 11 is 0. The first kappa shape index (κ1) is 6.60. The van der Waals surface area contributed by atoms with Crippen molar-refractivity contribution < 1.29 is 9.53 Å². The van der Waals surface area contributed by atoms with Gasteiger partial charge in [-0.2, -0.15) is 5.10 Å². The van der Waals surface area contributed by atoms with Crippen LogP contribution >= 0.6 is 0 Å². The maximum absolute atomic E-state index is 10.5. The highest BCUT2D eigenvalue weighted by Gasteiger charge is 1.98. The zero-order valence-corrected chi connectivity index (χ0v) is 5.42. The first-order chi connectivity index (χ1) is 4.83. The molecule has 0 saturated carbocycles. The van der Waals surface area contributed by atoms with E-state index in [1.165, 1.54) is 13.3 Å². The Kier molecular flexibility index (Phi) is 1.89. The molecule has 0 aliphatic heterocycles. The van der Waals surface area contributed by atoms with Gasteiger partial charge in [0.15, 0.2) is 0 Å². The highest BCUT2D eigenvalue weighted by molar-refractivity contribution is 5.82. The predicted molar refractivity (Wildman–Crippen MR) is 34.6 cm³/mol. The maximum atomic E-state index is 10.5. The largest absolute Gasteiger partial charge is 0.453 e. The van der Waals surface area contributed by atoms with Gasteiger partial charge in [0.05, 0.1) is 13.3 Å². The lowest BCUT2D eigenvalue weighted by atomic mass is 10.6. The van der Waals surface area contributed by atoms with Crippen LogP contribution in [0.2, 0.25) is 0 Å². The number of ether oxygens (including phenoxy) is 1. The summed E-state index contributed by atoms with van der Waals surface area (Å²) < 4.78 is 4.33. The van der Waals surface area contributed by atoms with E-state index in [1.807, 2.05) is 0 Å². The van der Waals surface area contributed by atoms with E-state index in [0.29, 0.717) is 5.82 Å². The molecule has 1 aromatic heterocycles. The van der Waals surface area contributed by atoms with Gasteiger partial charge in [-0.3, -0.25) is 10.4 Å². The summed E-state index contributed by atoms with van der Waals surface area (Å²) in [5.41, 5.74) is 0. The molecule has 0 spiro atoms. The maximum Gasteiger partial charge on any atom is 0.412 e. The van der Waals surface area contributed by atoms with E-state index in [1.54, 1.807) is 6.07 Å². The molecule has 10 heavy (non-hydrogen) atoms. The van der Waals surface area contributed by atoms with E-state index in [0.717, 1.165) is 0 Å². The average Bonchev–Trinajstić information content (AvgIpc) is 2.40. The monoisotopic (exact) mass is 141 g/mol. The summed E-state index contributed by atoms with van der Waals surface area (Å²) in [6.45, 7) is 0. The quantitative estimate of drug-likeness (QED) is 0.601. The van der Waals surface area contributed by atoms with Crippen molar-refractivity contribution in [2.75, 3.05) is 12.4 Å². The third-order valence-electron chi connectivity index (χ3n) is 0.923. The number of nitrogens with zero attached hydrogens (tertiary/aromatic N) is 1. The molecule has 0 aromatic carbocycles. The van der Waals surface area contributed by atoms with Crippen LogP contribution in [0.5, 0.6) is 0 Å². The van der Waals surface area contributed by atoms with Gasteiger partial charge in [-0.25, -0.2) is 4.79 Å². The fraction of sp³-hybridized carbons (Fsp3) is 0.200. The minimum absolute atomic E-state index is 0.510. The van der Waals surface area contributed by atoms with E-state index in [2.05, 4.69) is 20.3 Å². The third-order valence-corrected chi connectivity index (χ3v) is 0.923. The number of aromatic nitrogens is 2. The van der Waals surface area contributed by atoms with Crippen LogP contribution in [-0.2, 0) is 4.74 Å². The molecule has 0 bridgehead atoms. The van der Waals surface area contributed by atoms with Gasteiger partial charge >= 0.3 is 6.09 Å². The normalized spacial score (nSPS) is 8.90. The number of anilines is 1. The van der Waals surface area contributed by atoms with Crippen LogP contribution in [0.4, 0.5) is 10.6 Å². The summed E-state index contributed by atoms with van der Waals surface area (Å²) in [5, 5.41) is 8.55. The molecule has 0 saturated heterocycles. The predicted octanol–water partition coefficient (Wildman–Crippen LogP) is 0.588. The molecule has 0 unspecified atom stereocenters. The Hall–Kier alpha value is -1.52. The van der Waals surface area contributed by atoms with Crippen LogP contribution in [0.15, 0.2) is 12.3 Å². The molecule has 0 fully saturated rings. The number of nitrogens with one attached hydrogen (secondary N) is 2. The molecule has 5 heteroatoms. The van der Waals surface area contributed by atoms with Gasteiger partial charge in [-0.05, 0) is 0 Å². The molecular weight excluding hydrogens is 134 g/mol. The molecule has 0 aliphatic rings. The first-order valence-electron chi connectivity index (χ1n) is 2.67. The van der Waals surface area contributed by atoms with Gasteiger partial charge in [-0.15, -0.1) is 0 Å². The van der Waals surface area contributed by atoms with Crippen LogP contribution in [0.1, 0.15) is 0 Å². The minimum Gasteiger partial charge on any atom is -0.453 e. The molecule has 54 valence electrons. The number of amides is 1. The number of aromatic amines is 1. The fourth-order valence-corrected chi connectivity index (χ4v) is 0.486. The Labute approximate surface area is 57.4 Å². The van der Waals surface area contributed by atoms with Gasteiger partial charge in [0.25, 0.3) is 0 Å². The number of carbonyl (C=O) groups is 1. The van der Waals surface area contributed by atoms with Crippen molar-refractivity contribution >= 4 is 11.9 Å². The van der Waals surface area contributed by atoms with E-state index in [-0.39, 0.29) is 0 Å². The van der Waals surface area contributed by atoms with Crippen LogP contribution in [-0.4, -0.2) is 23.4 Å². The second kappa shape index (κ2) is 2.86. The van der Waals surface area contributed by atoms with Crippen molar-refractivity contribution in [3.8, 4) is 0 Å². The van der Waals surface area contributed by atoms with Crippen molar-refractivity contribution in [1.82, 2.24) is 10.2 Å². The van der Waals surface area contributed by atoms with Crippen LogP contribution in [0.25, 0.3) is 0 Å². The lowest BCUT2D eigenvalue weighted by Crippen LogP contribution is -2.10. The summed E-state index contributed by atoms with van der Waals surface area (Å²) in [7, 11) is 1.30. The first-order valence-corrected chi connectivity index (χ1v) is 2.67. The molecule has 0 radical (unpaired) electrons. The fourth-order valence-electron chi connectivity index (χ4n) is 0.486. The number of hydrogen-bond acceptors (Lipinski definition) is 3. The number of rotatable bonds is 1. The molecule has 5 nitrogen and oxygen atoms in total. The van der Waals surface area contributed by atoms with E-state index >= 15 is 0 Å². The van der Waals surface area contributed by atoms with E-state index in [4.69, 9.17) is 0 Å². The second-order valence-corrected chi connectivity index (χ2v) is 1.59. The Morgan fingerprint density at radius 3 is 3.20 bits per heavy atom. The molecular formula is C5H7N3O2. The van der Waals surface area contributed by atoms with Crippen LogP contribution in [0, 0.1) is 0 Å². The molecule has 1 heterocycles. The average molecular weight is 141 g/mol. The molecule has 0 atom stereocenters. The highest BCUT2D eigenvalue weighted by Crippen LogP contribution is 1.97. The van der Waals surface area contributed by atoms with Crippen molar-refractivity contribution in [1.29, 1.82) is 0 Å². The third kappa shape index (κ3) is 1.48. The van der Waals surface area contributed by atoms with Gasteiger partial charge in [0.1, 0.15) is 5.82 Å². The zero-order valence-electron chi connectivity index (χ0n) is 5.42. The zero-order chi connectivity index (χ0) is 7.40. The summed E-state index contributed by atoms with van der Waals surface area (Å²) in [4.78, 5) is 10.5. The number of H-pyrrole nitrogens is 1. The second-order valence-electron chi connectivity index (χ2n) is 1.59. The molecule has 1 amide bonds. The Morgan fingerprint density at radius 2 is 2.70 bits per heavy atom. The number of carbonyl (C=O) groups excluding carboxylic acids is 1. The van der Waals surface area contributed by atoms with Crippen LogP contribution in [0.3, 0.4) is 0 Å². The topological polar surface area (TPSA) is 67.0 Å². The van der Waals surface area contributed by atoms with E-state index < -0.39 is 6.09 Å². The summed E-state index contributed by atoms with van der Waals surface area (Å²) in [6.07, 6.45) is 1.02. The highest BCUT2D eigenvalue weighted by atomic mass is 16.5. The number of methoxy groups -OCH3 is 1. The molecule has 1 rings (SSSR count). The van der Waals surface area contributed by atoms with Crippen molar-refractivity contribution in [3.05, 3.63) is 12.3 Å². The molecule has 1 aromatic rings. The van der Waals surface area contributed by atoms with E-state index in [9.17, 15) is 4.79 Å². The van der Waals surface area contributed by atoms with Gasteiger partial charge in [-0.1, -0.05) is 0 Å². The van der Waals surface area contributed by atoms with Gasteiger partial charge < -0.3 is 4.74 Å². The SMILES string of the molecule is COC(=O)Nc1ccn[nH]1. The van der Waals surface area contributed by atoms with Gasteiger partial charge in [0.2, 0.25) is 0 Å². The standard InChI is InChI=1S/C5H7N3O2/c1-10-5(9)7-4-2-3-6-8-4/h2-3H,1H3,(H2,6,7,8,9). The van der Waals surface area contributed by atoms with Gasteiger partial charge in [0, 0.05) is 6.07 Å². The molecule has 0 aliphatic carbocycles.